The topological polar surface area (TPSA) is 41.1 Å². The highest BCUT2D eigenvalue weighted by molar-refractivity contribution is 5.81. The fraction of sp³-hybridized carbons (Fsp3) is 0.625. The molecule has 0 aliphatic carbocycles. The van der Waals surface area contributed by atoms with E-state index in [4.69, 9.17) is 0 Å². The molecule has 0 rings (SSSR count). The van der Waals surface area contributed by atoms with Crippen LogP contribution in [0.3, 0.4) is 0 Å². The molecule has 0 aliphatic rings. The molecular formula is C8H16N2O. The minimum atomic E-state index is -0.132. The maximum Gasteiger partial charge on any atom is 0.236 e. The van der Waals surface area contributed by atoms with Crippen molar-refractivity contribution in [3.63, 3.8) is 0 Å². The molecule has 3 heteroatoms. The van der Waals surface area contributed by atoms with Crippen LogP contribution in [-0.2, 0) is 4.79 Å². The van der Waals surface area contributed by atoms with Crippen LogP contribution in [0.2, 0.25) is 0 Å². The van der Waals surface area contributed by atoms with Crippen molar-refractivity contribution < 1.29 is 4.79 Å². The van der Waals surface area contributed by atoms with Gasteiger partial charge in [0, 0.05) is 13.1 Å². The lowest BCUT2D eigenvalue weighted by atomic mass is 10.3. The molecule has 1 atom stereocenters. The van der Waals surface area contributed by atoms with Crippen molar-refractivity contribution in [2.75, 3.05) is 13.1 Å². The summed E-state index contributed by atoms with van der Waals surface area (Å²) in [6.07, 6.45) is 1.73. The molecule has 0 saturated heterocycles. The van der Waals surface area contributed by atoms with E-state index in [9.17, 15) is 4.79 Å². The van der Waals surface area contributed by atoms with Gasteiger partial charge < -0.3 is 10.6 Å². The molecule has 0 aromatic heterocycles. The first kappa shape index (κ1) is 10.2. The molecule has 1 amide bonds. The van der Waals surface area contributed by atoms with Gasteiger partial charge in [0.25, 0.3) is 0 Å². The summed E-state index contributed by atoms with van der Waals surface area (Å²) in [6.45, 7) is 8.62. The first-order valence-corrected chi connectivity index (χ1v) is 3.84. The molecule has 0 radical (unpaired) electrons. The number of carbonyl (C=O) groups excluding carboxylic acids is 1. The molecule has 0 aromatic carbocycles. The predicted molar refractivity (Wildman–Crippen MR) is 46.3 cm³/mol. The number of hydrogen-bond donors (Lipinski definition) is 2. The van der Waals surface area contributed by atoms with Gasteiger partial charge in [-0.3, -0.25) is 4.79 Å². The van der Waals surface area contributed by atoms with Crippen molar-refractivity contribution in [2.45, 2.75) is 19.9 Å². The van der Waals surface area contributed by atoms with E-state index in [0.29, 0.717) is 13.1 Å². The van der Waals surface area contributed by atoms with Gasteiger partial charge in [-0.2, -0.15) is 0 Å². The van der Waals surface area contributed by atoms with Crippen LogP contribution < -0.4 is 10.6 Å². The van der Waals surface area contributed by atoms with Crippen LogP contribution >= 0.6 is 0 Å². The third-order valence-electron chi connectivity index (χ3n) is 1.31. The van der Waals surface area contributed by atoms with Crippen LogP contribution in [0.4, 0.5) is 0 Å². The van der Waals surface area contributed by atoms with Gasteiger partial charge >= 0.3 is 0 Å². The SMILES string of the molecule is C=CCNC(C)C(=O)NCC. The zero-order valence-corrected chi connectivity index (χ0v) is 7.18. The van der Waals surface area contributed by atoms with E-state index < -0.39 is 0 Å². The average Bonchev–Trinajstić information content (AvgIpc) is 2.00. The lowest BCUT2D eigenvalue weighted by Crippen LogP contribution is -2.42. The third kappa shape index (κ3) is 4.56. The van der Waals surface area contributed by atoms with Crippen LogP contribution in [0.5, 0.6) is 0 Å². The van der Waals surface area contributed by atoms with E-state index >= 15 is 0 Å². The molecule has 1 unspecified atom stereocenters. The van der Waals surface area contributed by atoms with Gasteiger partial charge in [0.15, 0.2) is 0 Å². The molecule has 3 nitrogen and oxygen atoms in total. The fourth-order valence-electron chi connectivity index (χ4n) is 0.680. The Labute approximate surface area is 67.9 Å². The third-order valence-corrected chi connectivity index (χ3v) is 1.31. The van der Waals surface area contributed by atoms with E-state index in [0.717, 1.165) is 0 Å². The van der Waals surface area contributed by atoms with E-state index in [-0.39, 0.29) is 11.9 Å². The van der Waals surface area contributed by atoms with Gasteiger partial charge in [0.1, 0.15) is 0 Å². The molecule has 0 saturated carbocycles. The van der Waals surface area contributed by atoms with Gasteiger partial charge in [0.2, 0.25) is 5.91 Å². The van der Waals surface area contributed by atoms with Crippen molar-refractivity contribution in [1.82, 2.24) is 10.6 Å². The molecule has 0 heterocycles. The van der Waals surface area contributed by atoms with Crippen LogP contribution in [0.1, 0.15) is 13.8 Å². The fourth-order valence-corrected chi connectivity index (χ4v) is 0.680. The highest BCUT2D eigenvalue weighted by Crippen LogP contribution is 1.80. The Morgan fingerprint density at radius 1 is 1.73 bits per heavy atom. The smallest absolute Gasteiger partial charge is 0.236 e. The number of amides is 1. The predicted octanol–water partition coefficient (Wildman–Crippen LogP) is 0.287. The van der Waals surface area contributed by atoms with Gasteiger partial charge in [-0.05, 0) is 13.8 Å². The summed E-state index contributed by atoms with van der Waals surface area (Å²) < 4.78 is 0. The standard InChI is InChI=1S/C8H16N2O/c1-4-6-10-7(3)8(11)9-5-2/h4,7,10H,1,5-6H2,2-3H3,(H,9,11). The van der Waals surface area contributed by atoms with Crippen LogP contribution in [-0.4, -0.2) is 25.0 Å². The molecule has 11 heavy (non-hydrogen) atoms. The number of carbonyl (C=O) groups is 1. The second-order valence-electron chi connectivity index (χ2n) is 2.31. The number of hydrogen-bond acceptors (Lipinski definition) is 2. The van der Waals surface area contributed by atoms with Crippen LogP contribution in [0.25, 0.3) is 0 Å². The second-order valence-corrected chi connectivity index (χ2v) is 2.31. The lowest BCUT2D eigenvalue weighted by molar-refractivity contribution is -0.122. The van der Waals surface area contributed by atoms with E-state index in [1.165, 1.54) is 0 Å². The van der Waals surface area contributed by atoms with Crippen LogP contribution in [0, 0.1) is 0 Å². The molecule has 2 N–H and O–H groups in total. The quantitative estimate of drug-likeness (QED) is 0.562. The number of rotatable bonds is 5. The van der Waals surface area contributed by atoms with Crippen molar-refractivity contribution in [1.29, 1.82) is 0 Å². The van der Waals surface area contributed by atoms with Crippen molar-refractivity contribution in [2.24, 2.45) is 0 Å². The Morgan fingerprint density at radius 2 is 2.36 bits per heavy atom. The van der Waals surface area contributed by atoms with Crippen molar-refractivity contribution >= 4 is 5.91 Å². The zero-order chi connectivity index (χ0) is 8.69. The normalized spacial score (nSPS) is 12.2. The maximum atomic E-state index is 11.0. The van der Waals surface area contributed by atoms with Crippen molar-refractivity contribution in [3.8, 4) is 0 Å². The largest absolute Gasteiger partial charge is 0.355 e. The van der Waals surface area contributed by atoms with Gasteiger partial charge in [-0.1, -0.05) is 6.08 Å². The van der Waals surface area contributed by atoms with Gasteiger partial charge in [0.05, 0.1) is 6.04 Å². The Bertz CT molecular complexity index is 134. The molecular weight excluding hydrogens is 140 g/mol. The Hall–Kier alpha value is -0.830. The van der Waals surface area contributed by atoms with Crippen molar-refractivity contribution in [3.05, 3.63) is 12.7 Å². The van der Waals surface area contributed by atoms with E-state index in [1.807, 2.05) is 13.8 Å². The Kier molecular flexibility index (Phi) is 5.47. The molecule has 0 spiro atoms. The summed E-state index contributed by atoms with van der Waals surface area (Å²) in [4.78, 5) is 11.0. The summed E-state index contributed by atoms with van der Waals surface area (Å²) in [5.41, 5.74) is 0. The second kappa shape index (κ2) is 5.92. The Balaban J connectivity index is 3.54. The molecule has 0 aromatic rings. The molecule has 0 bridgehead atoms. The summed E-state index contributed by atoms with van der Waals surface area (Å²) in [5.74, 6) is 0.0364. The maximum absolute atomic E-state index is 11.0. The monoisotopic (exact) mass is 156 g/mol. The van der Waals surface area contributed by atoms with Crippen LogP contribution in [0.15, 0.2) is 12.7 Å². The minimum Gasteiger partial charge on any atom is -0.355 e. The number of likely N-dealkylation sites (N-methyl/N-ethyl adjacent to an activating group) is 1. The highest BCUT2D eigenvalue weighted by atomic mass is 16.2. The van der Waals surface area contributed by atoms with E-state index in [2.05, 4.69) is 17.2 Å². The lowest BCUT2D eigenvalue weighted by Gasteiger charge is -2.10. The number of nitrogens with one attached hydrogen (secondary N) is 2. The molecule has 64 valence electrons. The van der Waals surface area contributed by atoms with Gasteiger partial charge in [-0.25, -0.2) is 0 Å². The van der Waals surface area contributed by atoms with Gasteiger partial charge in [-0.15, -0.1) is 6.58 Å². The first-order chi connectivity index (χ1) is 5.22. The molecule has 0 aliphatic heterocycles. The molecule has 0 fully saturated rings. The Morgan fingerprint density at radius 3 is 2.82 bits per heavy atom. The summed E-state index contributed by atoms with van der Waals surface area (Å²) >= 11 is 0. The first-order valence-electron chi connectivity index (χ1n) is 3.84. The van der Waals surface area contributed by atoms with E-state index in [1.54, 1.807) is 6.08 Å². The zero-order valence-electron chi connectivity index (χ0n) is 7.18. The summed E-state index contributed by atoms with van der Waals surface area (Å²) in [5, 5.41) is 5.71. The summed E-state index contributed by atoms with van der Waals surface area (Å²) in [6, 6.07) is -0.132. The summed E-state index contributed by atoms with van der Waals surface area (Å²) in [7, 11) is 0. The minimum absolute atomic E-state index is 0.0364. The average molecular weight is 156 g/mol. The highest BCUT2D eigenvalue weighted by Gasteiger charge is 2.08.